The van der Waals surface area contributed by atoms with Gasteiger partial charge in [-0.05, 0) is 73.1 Å². The molecule has 1 fully saturated rings. The normalized spacial score (nSPS) is 19.1. The first-order chi connectivity index (χ1) is 15.9. The van der Waals surface area contributed by atoms with Crippen LogP contribution in [0.5, 0.6) is 0 Å². The van der Waals surface area contributed by atoms with E-state index < -0.39 is 6.11 Å². The third kappa shape index (κ3) is 7.60. The maximum absolute atomic E-state index is 14.6. The minimum Gasteiger partial charge on any atom is -0.316 e. The van der Waals surface area contributed by atoms with Gasteiger partial charge in [0, 0.05) is 0 Å². The van der Waals surface area contributed by atoms with Crippen molar-refractivity contribution < 1.29 is 17.9 Å². The van der Waals surface area contributed by atoms with Gasteiger partial charge in [0.2, 0.25) is 0 Å². The van der Waals surface area contributed by atoms with Crippen molar-refractivity contribution in [3.63, 3.8) is 0 Å². The number of alkyl halides is 2. The van der Waals surface area contributed by atoms with Crippen LogP contribution in [0.25, 0.3) is 0 Å². The highest BCUT2D eigenvalue weighted by Gasteiger charge is 2.33. The monoisotopic (exact) mass is 460 g/mol. The highest BCUT2D eigenvalue weighted by molar-refractivity contribution is 5.28. The van der Waals surface area contributed by atoms with Gasteiger partial charge >= 0.3 is 6.11 Å². The van der Waals surface area contributed by atoms with E-state index in [4.69, 9.17) is 4.74 Å². The van der Waals surface area contributed by atoms with Crippen LogP contribution in [0.3, 0.4) is 0 Å². The SMILES string of the molecule is CCCCC[C@H]1CC[C@H](c2ccc(C(F)(F)OCCc3ccc(CCC)cc3F)cc2)CC1. The van der Waals surface area contributed by atoms with E-state index >= 15 is 0 Å². The van der Waals surface area contributed by atoms with Gasteiger partial charge in [0.1, 0.15) is 5.82 Å². The van der Waals surface area contributed by atoms with E-state index in [0.717, 1.165) is 42.7 Å². The molecule has 0 bridgehead atoms. The van der Waals surface area contributed by atoms with Gasteiger partial charge in [-0.2, -0.15) is 8.78 Å². The Kier molecular flexibility index (Phi) is 9.85. The molecule has 1 aliphatic carbocycles. The smallest absolute Gasteiger partial charge is 0.316 e. The van der Waals surface area contributed by atoms with Gasteiger partial charge in [0.15, 0.2) is 0 Å². The van der Waals surface area contributed by atoms with E-state index in [1.165, 1.54) is 56.7 Å². The second-order valence-electron chi connectivity index (χ2n) is 9.63. The van der Waals surface area contributed by atoms with Crippen LogP contribution in [-0.4, -0.2) is 6.61 Å². The fraction of sp³-hybridized carbons (Fsp3) is 0.586. The molecule has 1 nitrogen and oxygen atoms in total. The Labute approximate surface area is 197 Å². The summed E-state index contributed by atoms with van der Waals surface area (Å²) in [6.45, 7) is 4.04. The summed E-state index contributed by atoms with van der Waals surface area (Å²) in [7, 11) is 0. The Morgan fingerprint density at radius 3 is 2.24 bits per heavy atom. The average molecular weight is 461 g/mol. The lowest BCUT2D eigenvalue weighted by Crippen LogP contribution is -2.20. The van der Waals surface area contributed by atoms with Crippen molar-refractivity contribution in [1.82, 2.24) is 0 Å². The lowest BCUT2D eigenvalue weighted by molar-refractivity contribution is -0.248. The molecular weight excluding hydrogens is 421 g/mol. The van der Waals surface area contributed by atoms with Crippen molar-refractivity contribution in [3.05, 3.63) is 70.5 Å². The first-order valence-corrected chi connectivity index (χ1v) is 12.8. The van der Waals surface area contributed by atoms with Gasteiger partial charge in [-0.25, -0.2) is 4.39 Å². The first-order valence-electron chi connectivity index (χ1n) is 12.8. The molecule has 0 radical (unpaired) electrons. The summed E-state index contributed by atoms with van der Waals surface area (Å²) in [4.78, 5) is 0. The van der Waals surface area contributed by atoms with Gasteiger partial charge in [0.25, 0.3) is 0 Å². The van der Waals surface area contributed by atoms with E-state index in [1.807, 2.05) is 25.1 Å². The molecule has 3 rings (SSSR count). The molecule has 0 unspecified atom stereocenters. The molecule has 4 heteroatoms. The maximum atomic E-state index is 14.6. The molecule has 0 heterocycles. The Morgan fingerprint density at radius 2 is 1.61 bits per heavy atom. The minimum absolute atomic E-state index is 0.118. The number of ether oxygens (including phenoxy) is 1. The van der Waals surface area contributed by atoms with Crippen LogP contribution in [0.4, 0.5) is 13.2 Å². The number of rotatable bonds is 12. The molecule has 1 aliphatic rings. The van der Waals surface area contributed by atoms with Gasteiger partial charge in [-0.3, -0.25) is 0 Å². The van der Waals surface area contributed by atoms with Crippen molar-refractivity contribution >= 4 is 0 Å². The molecule has 1 saturated carbocycles. The number of benzene rings is 2. The van der Waals surface area contributed by atoms with Crippen molar-refractivity contribution in [2.75, 3.05) is 6.61 Å². The van der Waals surface area contributed by atoms with Crippen LogP contribution in [0, 0.1) is 11.7 Å². The zero-order valence-electron chi connectivity index (χ0n) is 20.2. The molecule has 0 amide bonds. The van der Waals surface area contributed by atoms with E-state index in [1.54, 1.807) is 6.07 Å². The molecule has 0 spiro atoms. The summed E-state index contributed by atoms with van der Waals surface area (Å²) >= 11 is 0. The predicted octanol–water partition coefficient (Wildman–Crippen LogP) is 8.94. The summed E-state index contributed by atoms with van der Waals surface area (Å²) in [5.74, 6) is 0.949. The molecule has 0 saturated heterocycles. The minimum atomic E-state index is -3.38. The van der Waals surface area contributed by atoms with Crippen molar-refractivity contribution in [2.45, 2.75) is 96.5 Å². The number of hydrogen-bond donors (Lipinski definition) is 0. The molecule has 0 aliphatic heterocycles. The molecule has 0 atom stereocenters. The van der Waals surface area contributed by atoms with E-state index in [-0.39, 0.29) is 24.4 Å². The van der Waals surface area contributed by atoms with Crippen LogP contribution in [0.2, 0.25) is 0 Å². The van der Waals surface area contributed by atoms with E-state index in [0.29, 0.717) is 11.5 Å². The van der Waals surface area contributed by atoms with Crippen molar-refractivity contribution in [1.29, 1.82) is 0 Å². The predicted molar refractivity (Wildman–Crippen MR) is 129 cm³/mol. The number of hydrogen-bond acceptors (Lipinski definition) is 1. The highest BCUT2D eigenvalue weighted by Crippen LogP contribution is 2.39. The molecule has 182 valence electrons. The van der Waals surface area contributed by atoms with Gasteiger partial charge in [-0.15, -0.1) is 0 Å². The van der Waals surface area contributed by atoms with Crippen molar-refractivity contribution in [2.24, 2.45) is 5.92 Å². The van der Waals surface area contributed by atoms with Gasteiger partial charge in [-0.1, -0.05) is 82.3 Å². The fourth-order valence-corrected chi connectivity index (χ4v) is 5.03. The van der Waals surface area contributed by atoms with Crippen LogP contribution in [0.15, 0.2) is 42.5 Å². The second-order valence-corrected chi connectivity index (χ2v) is 9.63. The summed E-state index contributed by atoms with van der Waals surface area (Å²) in [5, 5.41) is 0. The van der Waals surface area contributed by atoms with Crippen molar-refractivity contribution in [3.8, 4) is 0 Å². The Balaban J connectivity index is 1.48. The first kappa shape index (κ1) is 25.8. The Hall–Kier alpha value is -1.81. The molecule has 0 N–H and O–H groups in total. The van der Waals surface area contributed by atoms with Crippen LogP contribution >= 0.6 is 0 Å². The Bertz CT molecular complexity index is 838. The highest BCUT2D eigenvalue weighted by atomic mass is 19.3. The summed E-state index contributed by atoms with van der Waals surface area (Å²) in [6.07, 6.45) is 8.49. The lowest BCUT2D eigenvalue weighted by Gasteiger charge is -2.29. The van der Waals surface area contributed by atoms with Crippen LogP contribution in [0.1, 0.15) is 99.8 Å². The van der Waals surface area contributed by atoms with Crippen LogP contribution in [-0.2, 0) is 23.7 Å². The van der Waals surface area contributed by atoms with Gasteiger partial charge < -0.3 is 4.74 Å². The number of unbranched alkanes of at least 4 members (excludes halogenated alkanes) is 2. The third-order valence-corrected chi connectivity index (χ3v) is 7.09. The largest absolute Gasteiger partial charge is 0.383 e. The molecule has 2 aromatic carbocycles. The van der Waals surface area contributed by atoms with Crippen LogP contribution < -0.4 is 0 Å². The summed E-state index contributed by atoms with van der Waals surface area (Å²) in [5.41, 5.74) is 2.34. The quantitative estimate of drug-likeness (QED) is 0.287. The third-order valence-electron chi connectivity index (χ3n) is 7.09. The average Bonchev–Trinajstić information content (AvgIpc) is 2.81. The number of halogens is 3. The topological polar surface area (TPSA) is 9.23 Å². The van der Waals surface area contributed by atoms with E-state index in [9.17, 15) is 13.2 Å². The fourth-order valence-electron chi connectivity index (χ4n) is 5.03. The zero-order chi connectivity index (χ0) is 23.7. The summed E-state index contributed by atoms with van der Waals surface area (Å²) in [6, 6.07) is 11.7. The number of aryl methyl sites for hydroxylation is 1. The summed E-state index contributed by atoms with van der Waals surface area (Å²) < 4.78 is 48.3. The standard InChI is InChI=1S/C29H39F3O/c1-3-5-6-8-22-9-12-24(13-10-22)25-15-17-27(18-16-25)29(31,32)33-20-19-26-14-11-23(7-4-2)21-28(26)30/h11,14-18,21-22,24H,3-10,12-13,19-20H2,1-2H3/t22-,24-. The molecule has 33 heavy (non-hydrogen) atoms. The second kappa shape index (κ2) is 12.6. The molecule has 0 aromatic heterocycles. The lowest BCUT2D eigenvalue weighted by atomic mass is 9.77. The zero-order valence-corrected chi connectivity index (χ0v) is 20.2. The van der Waals surface area contributed by atoms with Gasteiger partial charge in [0.05, 0.1) is 12.2 Å². The van der Waals surface area contributed by atoms with E-state index in [2.05, 4.69) is 6.92 Å². The molecular formula is C29H39F3O. The Morgan fingerprint density at radius 1 is 0.879 bits per heavy atom. The molecule has 2 aromatic rings. The maximum Gasteiger partial charge on any atom is 0.383 e.